The first-order valence-corrected chi connectivity index (χ1v) is 9.65. The summed E-state index contributed by atoms with van der Waals surface area (Å²) in [7, 11) is 0. The number of thioether (sulfide) groups is 1. The van der Waals surface area contributed by atoms with Crippen LogP contribution in [0.4, 0.5) is 0 Å². The van der Waals surface area contributed by atoms with E-state index in [4.69, 9.17) is 0 Å². The number of nitrogens with zero attached hydrogens (tertiary/aromatic N) is 3. The molecule has 0 aromatic rings. The highest BCUT2D eigenvalue weighted by Gasteiger charge is 2.60. The summed E-state index contributed by atoms with van der Waals surface area (Å²) in [4.78, 5) is 26.4. The van der Waals surface area contributed by atoms with Crippen LogP contribution in [-0.2, 0) is 9.59 Å². The van der Waals surface area contributed by atoms with E-state index in [1.54, 1.807) is 18.7 Å². The van der Waals surface area contributed by atoms with Crippen LogP contribution < -0.4 is 0 Å². The predicted octanol–water partition coefficient (Wildman–Crippen LogP) is 0.596. The van der Waals surface area contributed by atoms with Crippen LogP contribution in [0.15, 0.2) is 10.6 Å². The normalized spacial score (nSPS) is 34.6. The van der Waals surface area contributed by atoms with Gasteiger partial charge in [-0.15, -0.1) is 16.4 Å². The molecule has 0 bridgehead atoms. The number of amides is 1. The summed E-state index contributed by atoms with van der Waals surface area (Å²) >= 11 is 1.58. The smallest absolute Gasteiger partial charge is 0.353 e. The molecule has 2 saturated heterocycles. The van der Waals surface area contributed by atoms with Crippen molar-refractivity contribution in [3.8, 4) is 0 Å². The zero-order valence-corrected chi connectivity index (χ0v) is 15.9. The van der Waals surface area contributed by atoms with Crippen LogP contribution in [0.2, 0.25) is 0 Å². The number of hydrazone groups is 1. The Morgan fingerprint density at radius 3 is 2.68 bits per heavy atom. The number of β-lactam (4-membered cyclic amide) rings is 1. The van der Waals surface area contributed by atoms with Gasteiger partial charge in [0.1, 0.15) is 5.70 Å². The number of fused-ring (bicyclic) bond motifs is 1. The lowest BCUT2D eigenvalue weighted by atomic mass is 9.79. The van der Waals surface area contributed by atoms with Crippen molar-refractivity contribution in [2.75, 3.05) is 19.6 Å². The second-order valence-corrected chi connectivity index (χ2v) is 8.24. The third-order valence-electron chi connectivity index (χ3n) is 5.44. The molecule has 0 saturated carbocycles. The Hall–Kier alpha value is -1.54. The number of hydrazine groups is 1. The van der Waals surface area contributed by atoms with E-state index >= 15 is 0 Å². The van der Waals surface area contributed by atoms with E-state index in [9.17, 15) is 19.8 Å². The van der Waals surface area contributed by atoms with Gasteiger partial charge in [0.05, 0.1) is 36.4 Å². The highest BCUT2D eigenvalue weighted by molar-refractivity contribution is 8.03. The van der Waals surface area contributed by atoms with E-state index in [-0.39, 0.29) is 28.8 Å². The van der Waals surface area contributed by atoms with Gasteiger partial charge < -0.3 is 15.1 Å². The molecule has 7 nitrogen and oxygen atoms in total. The summed E-state index contributed by atoms with van der Waals surface area (Å²) in [5.41, 5.74) is 0.117. The van der Waals surface area contributed by atoms with Gasteiger partial charge in [-0.2, -0.15) is 5.01 Å². The minimum Gasteiger partial charge on any atom is -0.477 e. The number of carbonyl (C=O) groups is 2. The molecule has 0 aromatic carbocycles. The van der Waals surface area contributed by atoms with E-state index < -0.39 is 18.0 Å². The van der Waals surface area contributed by atoms with E-state index in [2.05, 4.69) is 16.6 Å². The molecule has 0 unspecified atom stereocenters. The van der Waals surface area contributed by atoms with Crippen LogP contribution in [-0.4, -0.2) is 79.9 Å². The molecule has 3 aliphatic rings. The monoisotopic (exact) mass is 368 g/mol. The fraction of sp³-hybridized carbons (Fsp3) is 0.706. The Morgan fingerprint density at radius 1 is 1.52 bits per heavy atom. The van der Waals surface area contributed by atoms with Crippen molar-refractivity contribution in [3.05, 3.63) is 10.6 Å². The number of aliphatic carboxylic acids is 1. The number of carboxylic acids is 1. The van der Waals surface area contributed by atoms with Crippen molar-refractivity contribution in [2.45, 2.75) is 45.1 Å². The molecule has 3 heterocycles. The van der Waals surface area contributed by atoms with E-state index in [0.29, 0.717) is 0 Å². The van der Waals surface area contributed by atoms with Crippen LogP contribution in [0.25, 0.3) is 0 Å². The van der Waals surface area contributed by atoms with Crippen LogP contribution in [0.1, 0.15) is 27.7 Å². The fourth-order valence-electron chi connectivity index (χ4n) is 4.23. The van der Waals surface area contributed by atoms with Crippen LogP contribution in [0.3, 0.4) is 0 Å². The van der Waals surface area contributed by atoms with Crippen molar-refractivity contribution in [1.82, 2.24) is 9.91 Å². The maximum absolute atomic E-state index is 12.4. The van der Waals surface area contributed by atoms with E-state index in [1.807, 2.05) is 20.1 Å². The fourth-order valence-corrected chi connectivity index (χ4v) is 5.72. The number of hydrogen-bond donors (Lipinski definition) is 2. The van der Waals surface area contributed by atoms with Gasteiger partial charge in [-0.1, -0.05) is 6.92 Å². The van der Waals surface area contributed by atoms with Gasteiger partial charge in [0.2, 0.25) is 5.91 Å². The lowest BCUT2D eigenvalue weighted by molar-refractivity contribution is -0.662. The molecule has 0 aromatic heterocycles. The average molecular weight is 368 g/mol. The molecule has 3 rings (SSSR count). The summed E-state index contributed by atoms with van der Waals surface area (Å²) in [6.45, 7) is 10.2. The van der Waals surface area contributed by atoms with Crippen LogP contribution >= 0.6 is 11.8 Å². The first-order valence-electron chi connectivity index (χ1n) is 8.78. The summed E-state index contributed by atoms with van der Waals surface area (Å²) < 4.78 is 2.16. The van der Waals surface area contributed by atoms with E-state index in [0.717, 1.165) is 24.5 Å². The highest BCUT2D eigenvalue weighted by Crippen LogP contribution is 2.51. The average Bonchev–Trinajstić information content (AvgIpc) is 3.05. The molecule has 8 heteroatoms. The number of hydrogen-bond acceptors (Lipinski definition) is 5. The molecule has 2 N–H and O–H groups in total. The van der Waals surface area contributed by atoms with Gasteiger partial charge in [-0.25, -0.2) is 4.79 Å². The Morgan fingerprint density at radius 2 is 2.20 bits per heavy atom. The molecule has 138 valence electrons. The number of aliphatic hydroxyl groups is 1. The molecular formula is C17H26N3O4S+. The zero-order chi connectivity index (χ0) is 18.5. The summed E-state index contributed by atoms with van der Waals surface area (Å²) in [5.74, 6) is -1.90. The van der Waals surface area contributed by atoms with Crippen molar-refractivity contribution >= 4 is 29.9 Å². The van der Waals surface area contributed by atoms with Crippen molar-refractivity contribution in [2.24, 2.45) is 11.8 Å². The Balaban J connectivity index is 1.85. The molecule has 1 amide bonds. The standard InChI is InChI=1S/C17H25N3O4S/c1-5-18-7-11(8-19(18)6-2)25-15-9(3)13-12(10(4)21)16(22)20(13)14(15)17(23)24/h5,9-13,21H,6-8H2,1-4H3/p+1/b18-5-/t9-,10-,11+,12-,13-/m1/s1. The van der Waals surface area contributed by atoms with Gasteiger partial charge in [0, 0.05) is 17.7 Å². The van der Waals surface area contributed by atoms with Gasteiger partial charge in [-0.3, -0.25) is 4.79 Å². The van der Waals surface area contributed by atoms with Crippen LogP contribution in [0, 0.1) is 11.8 Å². The van der Waals surface area contributed by atoms with Crippen molar-refractivity contribution in [3.63, 3.8) is 0 Å². The Kier molecular flexibility index (Phi) is 4.85. The summed E-state index contributed by atoms with van der Waals surface area (Å²) in [6.07, 6.45) is 1.28. The van der Waals surface area contributed by atoms with Crippen LogP contribution in [0.5, 0.6) is 0 Å². The van der Waals surface area contributed by atoms with Gasteiger partial charge in [0.15, 0.2) is 12.8 Å². The molecule has 3 aliphatic heterocycles. The second kappa shape index (κ2) is 6.64. The molecule has 0 radical (unpaired) electrons. The third kappa shape index (κ3) is 2.75. The predicted molar refractivity (Wildman–Crippen MR) is 95.1 cm³/mol. The topological polar surface area (TPSA) is 84.1 Å². The molecule has 25 heavy (non-hydrogen) atoms. The minimum absolute atomic E-state index is 0.0665. The lowest BCUT2D eigenvalue weighted by Gasteiger charge is -2.46. The third-order valence-corrected chi connectivity index (χ3v) is 6.89. The molecular weight excluding hydrogens is 342 g/mol. The molecule has 0 spiro atoms. The first-order chi connectivity index (χ1) is 11.8. The highest BCUT2D eigenvalue weighted by atomic mass is 32.2. The maximum Gasteiger partial charge on any atom is 0.353 e. The number of carbonyl (C=O) groups excluding carboxylic acids is 1. The van der Waals surface area contributed by atoms with E-state index in [1.165, 1.54) is 4.90 Å². The molecule has 0 aliphatic carbocycles. The van der Waals surface area contributed by atoms with Crippen molar-refractivity contribution < 1.29 is 24.5 Å². The SMILES string of the molecule is C/C=[N+]1/C[C@H](SC2=C(C(=O)O)N3C(=O)[C@H]([C@@H](C)O)[C@H]3[C@H]2C)CN1CC. The zero-order valence-electron chi connectivity index (χ0n) is 15.0. The summed E-state index contributed by atoms with van der Waals surface area (Å²) in [6, 6.07) is -0.237. The summed E-state index contributed by atoms with van der Waals surface area (Å²) in [5, 5.41) is 22.1. The van der Waals surface area contributed by atoms with Gasteiger partial charge in [-0.05, 0) is 13.8 Å². The molecule has 2 fully saturated rings. The number of rotatable bonds is 5. The largest absolute Gasteiger partial charge is 0.477 e. The number of aliphatic hydroxyl groups excluding tert-OH is 1. The van der Waals surface area contributed by atoms with Crippen molar-refractivity contribution in [1.29, 1.82) is 0 Å². The number of carboxylic acid groups (broad SMARTS) is 1. The van der Waals surface area contributed by atoms with Gasteiger partial charge >= 0.3 is 5.97 Å². The lowest BCUT2D eigenvalue weighted by Crippen LogP contribution is -2.63. The minimum atomic E-state index is -1.06. The first kappa shape index (κ1) is 18.3. The Bertz CT molecular complexity index is 660. The maximum atomic E-state index is 12.4. The Labute approximate surface area is 152 Å². The quantitative estimate of drug-likeness (QED) is 0.546. The second-order valence-electron chi connectivity index (χ2n) is 6.90. The molecule has 5 atom stereocenters. The van der Waals surface area contributed by atoms with Gasteiger partial charge in [0.25, 0.3) is 0 Å².